The van der Waals surface area contributed by atoms with Gasteiger partial charge in [-0.25, -0.2) is 8.42 Å². The number of benzene rings is 2. The molecule has 0 N–H and O–H groups in total. The van der Waals surface area contributed by atoms with Crippen LogP contribution in [-0.2, 0) is 25.0 Å². The van der Waals surface area contributed by atoms with Gasteiger partial charge in [0.2, 0.25) is 15.9 Å². The molecule has 4 rings (SSSR count). The largest absolute Gasteiger partial charge is 0.381 e. The molecule has 0 bridgehead atoms. The Kier molecular flexibility index (Phi) is 7.22. The Balaban J connectivity index is 1.47. The van der Waals surface area contributed by atoms with Crippen LogP contribution in [0.3, 0.4) is 0 Å². The predicted octanol–water partition coefficient (Wildman–Crippen LogP) is 3.78. The fraction of sp³-hybridized carbons (Fsp3) is 0.500. The van der Waals surface area contributed by atoms with Gasteiger partial charge in [0.05, 0.1) is 10.3 Å². The molecular formula is C26H34N2O4S. The van der Waals surface area contributed by atoms with Crippen molar-refractivity contribution < 1.29 is 17.9 Å². The van der Waals surface area contributed by atoms with Crippen LogP contribution in [0.2, 0.25) is 0 Å². The van der Waals surface area contributed by atoms with Crippen molar-refractivity contribution in [3.63, 3.8) is 0 Å². The van der Waals surface area contributed by atoms with E-state index in [1.807, 2.05) is 47.4 Å². The maximum absolute atomic E-state index is 13.7. The molecule has 0 aliphatic carbocycles. The minimum Gasteiger partial charge on any atom is -0.381 e. The number of nitrogens with zero attached hydrogens (tertiary/aromatic N) is 2. The van der Waals surface area contributed by atoms with Crippen molar-refractivity contribution in [3.05, 3.63) is 65.7 Å². The van der Waals surface area contributed by atoms with Gasteiger partial charge in [0.25, 0.3) is 0 Å². The summed E-state index contributed by atoms with van der Waals surface area (Å²) in [5, 5.41) is 0. The second kappa shape index (κ2) is 9.95. The summed E-state index contributed by atoms with van der Waals surface area (Å²) in [5.74, 6) is 0.491. The monoisotopic (exact) mass is 470 g/mol. The first-order chi connectivity index (χ1) is 15.9. The molecule has 0 spiro atoms. The maximum Gasteiger partial charge on any atom is 0.243 e. The molecule has 178 valence electrons. The van der Waals surface area contributed by atoms with Crippen molar-refractivity contribution in [1.82, 2.24) is 9.21 Å². The second-order valence-electron chi connectivity index (χ2n) is 9.14. The number of carbonyl (C=O) groups excluding carboxylic acids is 1. The summed E-state index contributed by atoms with van der Waals surface area (Å²) in [4.78, 5) is 15.9. The van der Waals surface area contributed by atoms with E-state index >= 15 is 0 Å². The molecule has 2 aromatic rings. The smallest absolute Gasteiger partial charge is 0.243 e. The average Bonchev–Trinajstić information content (AvgIpc) is 2.89. The number of sulfonamides is 1. The highest BCUT2D eigenvalue weighted by Gasteiger charge is 2.45. The highest BCUT2D eigenvalue weighted by Crippen LogP contribution is 2.37. The minimum atomic E-state index is -3.58. The summed E-state index contributed by atoms with van der Waals surface area (Å²) < 4.78 is 33.5. The fourth-order valence-electron chi connectivity index (χ4n) is 4.89. The van der Waals surface area contributed by atoms with E-state index in [4.69, 9.17) is 4.74 Å². The SMILES string of the molecule is CCC(C)c1ccc(S(=O)(=O)N2CCN(C(=O)C3(c4ccccc4)CCOCC3)CC2)cc1. The minimum absolute atomic E-state index is 0.0898. The van der Waals surface area contributed by atoms with E-state index in [0.29, 0.717) is 63.0 Å². The Morgan fingerprint density at radius 1 is 0.970 bits per heavy atom. The second-order valence-corrected chi connectivity index (χ2v) is 11.1. The Bertz CT molecular complexity index is 1040. The van der Waals surface area contributed by atoms with Crippen molar-refractivity contribution in [3.8, 4) is 0 Å². The summed E-state index contributed by atoms with van der Waals surface area (Å²) in [6.07, 6.45) is 2.31. The Morgan fingerprint density at radius 3 is 2.15 bits per heavy atom. The predicted molar refractivity (Wildman–Crippen MR) is 129 cm³/mol. The van der Waals surface area contributed by atoms with Crippen molar-refractivity contribution in [2.45, 2.75) is 49.3 Å². The molecule has 6 nitrogen and oxygen atoms in total. The first-order valence-corrected chi connectivity index (χ1v) is 13.4. The van der Waals surface area contributed by atoms with Crippen molar-refractivity contribution in [2.75, 3.05) is 39.4 Å². The first kappa shape index (κ1) is 23.9. The molecular weight excluding hydrogens is 436 g/mol. The lowest BCUT2D eigenvalue weighted by molar-refractivity contribution is -0.142. The number of hydrogen-bond acceptors (Lipinski definition) is 4. The summed E-state index contributed by atoms with van der Waals surface area (Å²) >= 11 is 0. The molecule has 7 heteroatoms. The van der Waals surface area contributed by atoms with E-state index in [2.05, 4.69) is 13.8 Å². The van der Waals surface area contributed by atoms with Gasteiger partial charge >= 0.3 is 0 Å². The van der Waals surface area contributed by atoms with E-state index < -0.39 is 15.4 Å². The van der Waals surface area contributed by atoms with Gasteiger partial charge in [-0.3, -0.25) is 4.79 Å². The summed E-state index contributed by atoms with van der Waals surface area (Å²) in [7, 11) is -3.58. The van der Waals surface area contributed by atoms with Crippen LogP contribution in [0.4, 0.5) is 0 Å². The Labute approximate surface area is 197 Å². The van der Waals surface area contributed by atoms with Gasteiger partial charge < -0.3 is 9.64 Å². The Hall–Kier alpha value is -2.22. The van der Waals surface area contributed by atoms with Crippen LogP contribution in [-0.4, -0.2) is 62.9 Å². The summed E-state index contributed by atoms with van der Waals surface area (Å²) in [5.41, 5.74) is 1.58. The molecule has 0 saturated carbocycles. The van der Waals surface area contributed by atoms with Crippen LogP contribution in [0.5, 0.6) is 0 Å². The molecule has 0 aromatic heterocycles. The third-order valence-corrected chi connectivity index (χ3v) is 9.22. The van der Waals surface area contributed by atoms with E-state index in [0.717, 1.165) is 17.5 Å². The normalized spacial score (nSPS) is 20.4. The van der Waals surface area contributed by atoms with Gasteiger partial charge in [0.1, 0.15) is 0 Å². The lowest BCUT2D eigenvalue weighted by atomic mass is 9.73. The number of amides is 1. The number of carbonyl (C=O) groups is 1. The van der Waals surface area contributed by atoms with Crippen LogP contribution in [0.15, 0.2) is 59.5 Å². The first-order valence-electron chi connectivity index (χ1n) is 11.9. The van der Waals surface area contributed by atoms with E-state index in [1.165, 1.54) is 4.31 Å². The van der Waals surface area contributed by atoms with Crippen LogP contribution < -0.4 is 0 Å². The topological polar surface area (TPSA) is 66.9 Å². The maximum atomic E-state index is 13.7. The molecule has 2 saturated heterocycles. The number of piperazine rings is 1. The Morgan fingerprint density at radius 2 is 1.58 bits per heavy atom. The van der Waals surface area contributed by atoms with Crippen molar-refractivity contribution in [2.24, 2.45) is 0 Å². The fourth-order valence-corrected chi connectivity index (χ4v) is 6.31. The lowest BCUT2D eigenvalue weighted by Crippen LogP contribution is -2.56. The number of rotatable bonds is 6. The van der Waals surface area contributed by atoms with Crippen molar-refractivity contribution >= 4 is 15.9 Å². The molecule has 1 unspecified atom stereocenters. The number of hydrogen-bond donors (Lipinski definition) is 0. The average molecular weight is 471 g/mol. The molecule has 2 aromatic carbocycles. The molecule has 2 fully saturated rings. The molecule has 2 aliphatic heterocycles. The van der Waals surface area contributed by atoms with E-state index in [1.54, 1.807) is 12.1 Å². The summed E-state index contributed by atoms with van der Waals surface area (Å²) in [6.45, 7) is 6.80. The third kappa shape index (κ3) is 4.72. The van der Waals surface area contributed by atoms with Gasteiger partial charge in [-0.2, -0.15) is 4.31 Å². The summed E-state index contributed by atoms with van der Waals surface area (Å²) in [6, 6.07) is 17.2. The van der Waals surface area contributed by atoms with E-state index in [9.17, 15) is 13.2 Å². The quantitative estimate of drug-likeness (QED) is 0.644. The molecule has 33 heavy (non-hydrogen) atoms. The van der Waals surface area contributed by atoms with Gasteiger partial charge in [-0.1, -0.05) is 56.3 Å². The van der Waals surface area contributed by atoms with Crippen LogP contribution in [0, 0.1) is 0 Å². The molecule has 1 amide bonds. The van der Waals surface area contributed by atoms with Gasteiger partial charge in [-0.15, -0.1) is 0 Å². The molecule has 2 heterocycles. The molecule has 0 radical (unpaired) electrons. The zero-order valence-corrected chi connectivity index (χ0v) is 20.4. The standard InChI is InChI=1S/C26H34N2O4S/c1-3-21(2)22-9-11-24(12-10-22)33(30,31)28-17-15-27(16-18-28)25(29)26(13-19-32-20-14-26)23-7-5-4-6-8-23/h4-12,21H,3,13-20H2,1-2H3. The molecule has 1 atom stereocenters. The lowest BCUT2D eigenvalue weighted by Gasteiger charge is -2.42. The highest BCUT2D eigenvalue weighted by molar-refractivity contribution is 7.89. The number of ether oxygens (including phenoxy) is 1. The molecule has 2 aliphatic rings. The van der Waals surface area contributed by atoms with Crippen LogP contribution in [0.25, 0.3) is 0 Å². The third-order valence-electron chi connectivity index (χ3n) is 7.31. The van der Waals surface area contributed by atoms with E-state index in [-0.39, 0.29) is 5.91 Å². The van der Waals surface area contributed by atoms with Crippen LogP contribution in [0.1, 0.15) is 50.2 Å². The highest BCUT2D eigenvalue weighted by atomic mass is 32.2. The zero-order valence-electron chi connectivity index (χ0n) is 19.6. The van der Waals surface area contributed by atoms with Gasteiger partial charge in [0.15, 0.2) is 0 Å². The van der Waals surface area contributed by atoms with Gasteiger partial charge in [-0.05, 0) is 48.4 Å². The van der Waals surface area contributed by atoms with Crippen molar-refractivity contribution in [1.29, 1.82) is 0 Å². The van der Waals surface area contributed by atoms with Gasteiger partial charge in [0, 0.05) is 39.4 Å². The van der Waals surface area contributed by atoms with Crippen LogP contribution >= 0.6 is 0 Å². The zero-order chi connectivity index (χ0) is 23.5.